The molecule has 2 aromatic rings. The lowest BCUT2D eigenvalue weighted by Crippen LogP contribution is -2.42. The van der Waals surface area contributed by atoms with Crippen molar-refractivity contribution in [1.29, 1.82) is 0 Å². The van der Waals surface area contributed by atoms with E-state index >= 15 is 0 Å². The summed E-state index contributed by atoms with van der Waals surface area (Å²) < 4.78 is 28.3. The van der Waals surface area contributed by atoms with Gasteiger partial charge in [-0.1, -0.05) is 13.2 Å². The molecule has 0 amide bonds. The highest BCUT2D eigenvalue weighted by Gasteiger charge is 2.18. The molecule has 0 aromatic carbocycles. The van der Waals surface area contributed by atoms with Crippen LogP contribution in [0.15, 0.2) is 101 Å². The minimum atomic E-state index is -0.619. The fourth-order valence-electron chi connectivity index (χ4n) is 3.12. The number of hydrogen-bond donors (Lipinski definition) is 5. The Kier molecular flexibility index (Phi) is 9.40. The quantitative estimate of drug-likeness (QED) is 0.175. The average Bonchev–Trinajstić information content (AvgIpc) is 3.31. The highest BCUT2D eigenvalue weighted by Crippen LogP contribution is 2.16. The molecule has 2 aromatic heterocycles. The molecule has 0 aliphatic carbocycles. The molecule has 0 spiro atoms. The van der Waals surface area contributed by atoms with E-state index in [9.17, 15) is 8.78 Å². The number of rotatable bonds is 10. The predicted octanol–water partition coefficient (Wildman–Crippen LogP) is 2.45. The Balaban J connectivity index is 1.87. The predicted molar refractivity (Wildman–Crippen MR) is 148 cm³/mol. The van der Waals surface area contributed by atoms with E-state index in [1.807, 2.05) is 7.05 Å². The number of nitrogens with two attached hydrogens (primary N) is 2. The first kappa shape index (κ1) is 28.4. The number of dihydropyridines is 1. The number of anilines is 1. The van der Waals surface area contributed by atoms with Crippen LogP contribution in [0.25, 0.3) is 0 Å². The van der Waals surface area contributed by atoms with Gasteiger partial charge in [-0.3, -0.25) is 0 Å². The van der Waals surface area contributed by atoms with Crippen molar-refractivity contribution in [1.82, 2.24) is 30.2 Å². The molecule has 12 nitrogen and oxygen atoms in total. The van der Waals surface area contributed by atoms with Gasteiger partial charge in [0, 0.05) is 13.2 Å². The molecule has 0 bridgehead atoms. The van der Waals surface area contributed by atoms with Crippen LogP contribution in [0.5, 0.6) is 0 Å². The maximum atomic E-state index is 13.3. The molecule has 14 heteroatoms. The number of halogens is 2. The maximum Gasteiger partial charge on any atom is 0.167 e. The molecule has 1 aliphatic heterocycles. The van der Waals surface area contributed by atoms with Crippen molar-refractivity contribution >= 4 is 23.3 Å². The van der Waals surface area contributed by atoms with Crippen LogP contribution >= 0.6 is 0 Å². The van der Waals surface area contributed by atoms with Gasteiger partial charge in [0.2, 0.25) is 0 Å². The van der Waals surface area contributed by atoms with E-state index in [2.05, 4.69) is 59.0 Å². The summed E-state index contributed by atoms with van der Waals surface area (Å²) in [6.07, 6.45) is 10.9. The van der Waals surface area contributed by atoms with Crippen molar-refractivity contribution in [2.45, 2.75) is 25.9 Å². The van der Waals surface area contributed by atoms with Crippen LogP contribution in [0, 0.1) is 5.82 Å². The minimum absolute atomic E-state index is 0.124. The van der Waals surface area contributed by atoms with Crippen molar-refractivity contribution in [3.63, 3.8) is 0 Å². The molecule has 7 N–H and O–H groups in total. The average molecular weight is 537 g/mol. The standard InChI is InChI=1S/C25H30F2N12/c1-6-17(26)9-30-22(28)14(2)35-20-8-7-19(23(29)37-21-12-39(5)13-33-21)25(38-20)36-16(4)34-15(3)24-31-10-18(27)11-32-24/h6-15,34,37H,1,4,29H2,2-3,5H3,(H2,28,30)(H,35,36,38)/b17-9+,23-19+/t14-,15-/m0/s1. The lowest BCUT2D eigenvalue weighted by molar-refractivity contribution is 0.576. The van der Waals surface area contributed by atoms with Gasteiger partial charge in [0.05, 0.1) is 42.6 Å². The molecule has 0 fully saturated rings. The molecule has 0 saturated heterocycles. The Labute approximate surface area is 224 Å². The van der Waals surface area contributed by atoms with Crippen LogP contribution in [0.3, 0.4) is 0 Å². The monoisotopic (exact) mass is 536 g/mol. The largest absolute Gasteiger partial charge is 0.385 e. The second-order valence-electron chi connectivity index (χ2n) is 8.35. The lowest BCUT2D eigenvalue weighted by Gasteiger charge is -2.19. The van der Waals surface area contributed by atoms with Gasteiger partial charge in [-0.15, -0.1) is 0 Å². The normalized spacial score (nSPS) is 17.8. The van der Waals surface area contributed by atoms with Crippen molar-refractivity contribution in [2.75, 3.05) is 5.32 Å². The Morgan fingerprint density at radius 1 is 1.18 bits per heavy atom. The summed E-state index contributed by atoms with van der Waals surface area (Å²) in [6.45, 7) is 10.8. The lowest BCUT2D eigenvalue weighted by atomic mass is 10.1. The third kappa shape index (κ3) is 8.18. The number of aliphatic imine (C=N–C) groups is 3. The first-order chi connectivity index (χ1) is 18.5. The molecule has 204 valence electrons. The number of amidine groups is 3. The molecular weight excluding hydrogens is 506 g/mol. The number of imidazole rings is 1. The van der Waals surface area contributed by atoms with Gasteiger partial charge in [0.1, 0.15) is 40.8 Å². The van der Waals surface area contributed by atoms with Crippen LogP contribution < -0.4 is 27.4 Å². The van der Waals surface area contributed by atoms with Crippen molar-refractivity contribution < 1.29 is 8.78 Å². The zero-order chi connectivity index (χ0) is 28.5. The highest BCUT2D eigenvalue weighted by atomic mass is 19.1. The Hall–Kier alpha value is -5.14. The number of nitrogens with one attached hydrogen (secondary N) is 3. The summed E-state index contributed by atoms with van der Waals surface area (Å²) >= 11 is 0. The summed E-state index contributed by atoms with van der Waals surface area (Å²) in [6, 6.07) is -0.936. The van der Waals surface area contributed by atoms with Gasteiger partial charge in [-0.2, -0.15) is 0 Å². The van der Waals surface area contributed by atoms with Gasteiger partial charge < -0.3 is 32.0 Å². The topological polar surface area (TPSA) is 169 Å². The van der Waals surface area contributed by atoms with Crippen LogP contribution in [0.1, 0.15) is 25.7 Å². The van der Waals surface area contributed by atoms with E-state index in [1.165, 1.54) is 0 Å². The molecule has 1 aliphatic rings. The summed E-state index contributed by atoms with van der Waals surface area (Å²) in [4.78, 5) is 25.1. The first-order valence-corrected chi connectivity index (χ1v) is 11.7. The summed E-state index contributed by atoms with van der Waals surface area (Å²) in [7, 11) is 1.83. The fraction of sp³-hybridized carbons (Fsp3) is 0.200. The van der Waals surface area contributed by atoms with Crippen molar-refractivity contribution in [3.8, 4) is 0 Å². The smallest absolute Gasteiger partial charge is 0.167 e. The van der Waals surface area contributed by atoms with Crippen LogP contribution in [-0.2, 0) is 7.05 Å². The van der Waals surface area contributed by atoms with Crippen LogP contribution in [0.2, 0.25) is 0 Å². The van der Waals surface area contributed by atoms with Gasteiger partial charge in [-0.05, 0) is 32.1 Å². The maximum absolute atomic E-state index is 13.3. The molecule has 39 heavy (non-hydrogen) atoms. The Morgan fingerprint density at radius 2 is 1.90 bits per heavy atom. The summed E-state index contributed by atoms with van der Waals surface area (Å²) in [5.74, 6) is 0.921. The van der Waals surface area contributed by atoms with Gasteiger partial charge in [0.25, 0.3) is 0 Å². The number of aromatic nitrogens is 4. The molecule has 0 saturated carbocycles. The second-order valence-corrected chi connectivity index (χ2v) is 8.35. The number of hydrogen-bond acceptors (Lipinski definition) is 9. The third-order valence-electron chi connectivity index (χ3n) is 5.12. The molecule has 0 radical (unpaired) electrons. The number of allylic oxidation sites excluding steroid dienone is 2. The Bertz CT molecular complexity index is 1400. The zero-order valence-electron chi connectivity index (χ0n) is 21.7. The van der Waals surface area contributed by atoms with E-state index in [-0.39, 0.29) is 23.3 Å². The van der Waals surface area contributed by atoms with E-state index in [0.717, 1.165) is 24.7 Å². The number of nitrogens with zero attached hydrogens (tertiary/aromatic N) is 7. The molecule has 3 rings (SSSR count). The highest BCUT2D eigenvalue weighted by molar-refractivity contribution is 6.15. The van der Waals surface area contributed by atoms with E-state index in [1.54, 1.807) is 43.1 Å². The van der Waals surface area contributed by atoms with Crippen LogP contribution in [-0.4, -0.2) is 43.1 Å². The molecular formula is C25H30F2N12. The molecule has 0 unspecified atom stereocenters. The van der Waals surface area contributed by atoms with E-state index < -0.39 is 23.7 Å². The summed E-state index contributed by atoms with van der Waals surface area (Å²) in [5.41, 5.74) is 12.8. The van der Waals surface area contributed by atoms with Gasteiger partial charge in [-0.25, -0.2) is 38.7 Å². The van der Waals surface area contributed by atoms with Gasteiger partial charge in [0.15, 0.2) is 11.7 Å². The SMILES string of the molecule is C=C/C(F)=C\N=C(/N)[C@H](C)NC1=NC(=N/C(=C)N[C@@H](C)c2ncc(F)cn2)/C(=C(\N)Nc2cn(C)cn2)C=C1. The Morgan fingerprint density at radius 3 is 2.54 bits per heavy atom. The van der Waals surface area contributed by atoms with E-state index in [0.29, 0.717) is 23.1 Å². The summed E-state index contributed by atoms with van der Waals surface area (Å²) in [5, 5.41) is 9.17. The third-order valence-corrected chi connectivity index (χ3v) is 5.12. The van der Waals surface area contributed by atoms with Crippen molar-refractivity contribution in [3.05, 3.63) is 97.2 Å². The molecule has 3 heterocycles. The zero-order valence-corrected chi connectivity index (χ0v) is 21.7. The van der Waals surface area contributed by atoms with Crippen LogP contribution in [0.4, 0.5) is 14.6 Å². The van der Waals surface area contributed by atoms with Gasteiger partial charge >= 0.3 is 0 Å². The van der Waals surface area contributed by atoms with E-state index in [4.69, 9.17) is 11.5 Å². The molecule has 2 atom stereocenters. The minimum Gasteiger partial charge on any atom is -0.385 e. The fourth-order valence-corrected chi connectivity index (χ4v) is 3.12. The van der Waals surface area contributed by atoms with Crippen molar-refractivity contribution in [2.24, 2.45) is 33.5 Å². The first-order valence-electron chi connectivity index (χ1n) is 11.7. The second kappa shape index (κ2) is 12.9. The number of aryl methyl sites for hydroxylation is 1.